The zero-order chi connectivity index (χ0) is 19.1. The molecule has 0 saturated carbocycles. The Morgan fingerprint density at radius 2 is 2.04 bits per heavy atom. The molecule has 0 radical (unpaired) electrons. The van der Waals surface area contributed by atoms with Gasteiger partial charge in [-0.2, -0.15) is 0 Å². The first-order valence-electron chi connectivity index (χ1n) is 8.80. The summed E-state index contributed by atoms with van der Waals surface area (Å²) >= 11 is 7.80. The second-order valence-corrected chi connectivity index (χ2v) is 8.24. The smallest absolute Gasteiger partial charge is 0.254 e. The van der Waals surface area contributed by atoms with Gasteiger partial charge in [-0.15, -0.1) is 0 Å². The molecule has 146 valence electrons. The van der Waals surface area contributed by atoms with Crippen molar-refractivity contribution in [3.8, 4) is 0 Å². The number of fused-ring (bicyclic) bond motifs is 1. The molecule has 2 aliphatic rings. The summed E-state index contributed by atoms with van der Waals surface area (Å²) in [6, 6.07) is 2.77. The topological polar surface area (TPSA) is 60.5 Å². The van der Waals surface area contributed by atoms with E-state index in [9.17, 15) is 13.6 Å². The van der Waals surface area contributed by atoms with Gasteiger partial charge in [0, 0.05) is 37.6 Å². The summed E-state index contributed by atoms with van der Waals surface area (Å²) in [7, 11) is 0. The molecule has 2 unspecified atom stereocenters. The minimum Gasteiger partial charge on any atom is -0.345 e. The van der Waals surface area contributed by atoms with Crippen LogP contribution in [0.15, 0.2) is 12.1 Å². The maximum absolute atomic E-state index is 13.0. The predicted molar refractivity (Wildman–Crippen MR) is 103 cm³/mol. The van der Waals surface area contributed by atoms with Crippen LogP contribution in [0.25, 0.3) is 10.2 Å². The molecule has 0 bridgehead atoms. The van der Waals surface area contributed by atoms with Crippen molar-refractivity contribution in [2.24, 2.45) is 0 Å². The van der Waals surface area contributed by atoms with Crippen LogP contribution in [0, 0.1) is 6.92 Å². The number of nitrogens with zero attached hydrogens (tertiary/aromatic N) is 3. The largest absolute Gasteiger partial charge is 0.345 e. The van der Waals surface area contributed by atoms with Crippen molar-refractivity contribution in [1.29, 1.82) is 0 Å². The highest BCUT2D eigenvalue weighted by Crippen LogP contribution is 2.33. The van der Waals surface area contributed by atoms with Crippen LogP contribution in [0.5, 0.6) is 0 Å². The number of piperazine rings is 1. The molecular formula is C17H20ClF2N5OS. The molecule has 2 aromatic rings. The van der Waals surface area contributed by atoms with Gasteiger partial charge in [0.1, 0.15) is 6.29 Å². The van der Waals surface area contributed by atoms with E-state index in [0.717, 1.165) is 20.9 Å². The van der Waals surface area contributed by atoms with E-state index in [1.54, 1.807) is 11.3 Å². The van der Waals surface area contributed by atoms with Crippen LogP contribution in [0.1, 0.15) is 12.0 Å². The number of thiazole rings is 1. The van der Waals surface area contributed by atoms with Gasteiger partial charge >= 0.3 is 0 Å². The standard InChI is InChI=1S/C17H20ClF2N5OS/c1-9-10(18)2-3-12-14(9)23-17(27-12)25-6-4-24(5-7-25)16-21-11(15(19)20)8-13(26)22-16/h2-3,11,15-16,21H,4-8H2,1H3,(H,22,26). The van der Waals surface area contributed by atoms with Crippen molar-refractivity contribution < 1.29 is 13.6 Å². The maximum atomic E-state index is 13.0. The van der Waals surface area contributed by atoms with Crippen LogP contribution in [0.3, 0.4) is 0 Å². The van der Waals surface area contributed by atoms with Crippen molar-refractivity contribution >= 4 is 44.2 Å². The van der Waals surface area contributed by atoms with Gasteiger partial charge in [0.2, 0.25) is 5.91 Å². The lowest BCUT2D eigenvalue weighted by Crippen LogP contribution is -2.67. The van der Waals surface area contributed by atoms with Crippen molar-refractivity contribution in [1.82, 2.24) is 20.5 Å². The summed E-state index contributed by atoms with van der Waals surface area (Å²) in [6.45, 7) is 4.66. The molecule has 1 aromatic carbocycles. The predicted octanol–water partition coefficient (Wildman–Crippen LogP) is 2.41. The van der Waals surface area contributed by atoms with Gasteiger partial charge in [-0.25, -0.2) is 13.8 Å². The van der Waals surface area contributed by atoms with Gasteiger partial charge in [0.15, 0.2) is 5.13 Å². The zero-order valence-electron chi connectivity index (χ0n) is 14.7. The summed E-state index contributed by atoms with van der Waals surface area (Å²) in [4.78, 5) is 20.6. The number of carbonyl (C=O) groups is 1. The highest BCUT2D eigenvalue weighted by Gasteiger charge is 2.35. The Kier molecular flexibility index (Phi) is 5.19. The highest BCUT2D eigenvalue weighted by molar-refractivity contribution is 7.22. The molecule has 1 aromatic heterocycles. The van der Waals surface area contributed by atoms with E-state index < -0.39 is 18.8 Å². The van der Waals surface area contributed by atoms with Gasteiger partial charge in [0.25, 0.3) is 6.43 Å². The van der Waals surface area contributed by atoms with Crippen LogP contribution in [0.4, 0.5) is 13.9 Å². The Labute approximate surface area is 164 Å². The Bertz CT molecular complexity index is 855. The second kappa shape index (κ2) is 7.46. The minimum atomic E-state index is -2.56. The quantitative estimate of drug-likeness (QED) is 0.806. The molecule has 27 heavy (non-hydrogen) atoms. The molecule has 1 amide bonds. The van der Waals surface area contributed by atoms with Gasteiger partial charge in [0.05, 0.1) is 16.3 Å². The zero-order valence-corrected chi connectivity index (χ0v) is 16.3. The van der Waals surface area contributed by atoms with Gasteiger partial charge in [-0.3, -0.25) is 15.0 Å². The van der Waals surface area contributed by atoms with Gasteiger partial charge < -0.3 is 10.2 Å². The van der Waals surface area contributed by atoms with E-state index in [0.29, 0.717) is 31.2 Å². The number of benzene rings is 1. The fourth-order valence-corrected chi connectivity index (χ4v) is 4.70. The minimum absolute atomic E-state index is 0.193. The molecule has 2 saturated heterocycles. The third-order valence-electron chi connectivity index (χ3n) is 5.07. The Morgan fingerprint density at radius 3 is 2.74 bits per heavy atom. The first-order valence-corrected chi connectivity index (χ1v) is 10.00. The summed E-state index contributed by atoms with van der Waals surface area (Å²) < 4.78 is 27.1. The number of carbonyl (C=O) groups excluding carboxylic acids is 1. The number of halogens is 3. The van der Waals surface area contributed by atoms with Crippen molar-refractivity contribution in [2.45, 2.75) is 32.1 Å². The Hall–Kier alpha value is -1.55. The third-order valence-corrected chi connectivity index (χ3v) is 6.56. The summed E-state index contributed by atoms with van der Waals surface area (Å²) in [6.07, 6.45) is -3.30. The number of alkyl halides is 2. The first-order chi connectivity index (χ1) is 12.9. The number of hydrogen-bond donors (Lipinski definition) is 2. The van der Waals surface area contributed by atoms with E-state index in [4.69, 9.17) is 16.6 Å². The number of anilines is 1. The number of rotatable bonds is 3. The van der Waals surface area contributed by atoms with Crippen LogP contribution < -0.4 is 15.5 Å². The molecule has 2 atom stereocenters. The highest BCUT2D eigenvalue weighted by atomic mass is 35.5. The van der Waals surface area contributed by atoms with Crippen LogP contribution in [0.2, 0.25) is 5.02 Å². The molecule has 4 rings (SSSR count). The number of aryl methyl sites for hydroxylation is 1. The molecule has 6 nitrogen and oxygen atoms in total. The average molecular weight is 416 g/mol. The lowest BCUT2D eigenvalue weighted by Gasteiger charge is -2.42. The normalized spacial score (nSPS) is 24.6. The average Bonchev–Trinajstić information content (AvgIpc) is 3.09. The third kappa shape index (κ3) is 3.73. The molecule has 2 aliphatic heterocycles. The van der Waals surface area contributed by atoms with Crippen LogP contribution in [-0.2, 0) is 4.79 Å². The van der Waals surface area contributed by atoms with Crippen molar-refractivity contribution in [3.05, 3.63) is 22.7 Å². The molecule has 0 aliphatic carbocycles. The van der Waals surface area contributed by atoms with Crippen LogP contribution in [-0.4, -0.2) is 60.7 Å². The molecule has 2 fully saturated rings. The Balaban J connectivity index is 1.43. The van der Waals surface area contributed by atoms with Crippen molar-refractivity contribution in [3.63, 3.8) is 0 Å². The van der Waals surface area contributed by atoms with Crippen molar-refractivity contribution in [2.75, 3.05) is 31.1 Å². The maximum Gasteiger partial charge on any atom is 0.254 e. The first kappa shape index (κ1) is 18.8. The van der Waals surface area contributed by atoms with Crippen LogP contribution >= 0.6 is 22.9 Å². The monoisotopic (exact) mass is 415 g/mol. The van der Waals surface area contributed by atoms with E-state index >= 15 is 0 Å². The fourth-order valence-electron chi connectivity index (χ4n) is 3.47. The summed E-state index contributed by atoms with van der Waals surface area (Å²) in [5.74, 6) is -0.343. The number of nitrogens with one attached hydrogen (secondary N) is 2. The van der Waals surface area contributed by atoms with E-state index in [2.05, 4.69) is 15.5 Å². The van der Waals surface area contributed by atoms with E-state index in [1.807, 2.05) is 24.0 Å². The van der Waals surface area contributed by atoms with Gasteiger partial charge in [-0.05, 0) is 24.6 Å². The molecule has 3 heterocycles. The summed E-state index contributed by atoms with van der Waals surface area (Å²) in [5, 5.41) is 7.23. The lowest BCUT2D eigenvalue weighted by atomic mass is 10.1. The second-order valence-electron chi connectivity index (χ2n) is 6.82. The molecule has 10 heteroatoms. The van der Waals surface area contributed by atoms with Gasteiger partial charge in [-0.1, -0.05) is 22.9 Å². The number of hydrogen-bond acceptors (Lipinski definition) is 6. The molecule has 2 N–H and O–H groups in total. The SMILES string of the molecule is Cc1c(Cl)ccc2sc(N3CCN(C4NC(=O)CC(C(F)F)N4)CC3)nc12. The lowest BCUT2D eigenvalue weighted by molar-refractivity contribution is -0.129. The summed E-state index contributed by atoms with van der Waals surface area (Å²) in [5.41, 5.74) is 1.90. The fraction of sp³-hybridized carbons (Fsp3) is 0.529. The number of aromatic nitrogens is 1. The molecule has 0 spiro atoms. The molecular weight excluding hydrogens is 396 g/mol. The number of amides is 1. The van der Waals surface area contributed by atoms with E-state index in [1.165, 1.54) is 0 Å². The van der Waals surface area contributed by atoms with E-state index in [-0.39, 0.29) is 12.3 Å². The Morgan fingerprint density at radius 1 is 1.30 bits per heavy atom.